The Hall–Kier alpha value is -3.03. The molecule has 4 rings (SSSR count). The molecule has 9 heteroatoms. The second kappa shape index (κ2) is 7.42. The lowest BCUT2D eigenvalue weighted by Gasteiger charge is -2.28. The van der Waals surface area contributed by atoms with Gasteiger partial charge in [0.2, 0.25) is 11.9 Å². The number of nitrogens with zero attached hydrogens (tertiary/aromatic N) is 3. The van der Waals surface area contributed by atoms with E-state index in [4.69, 9.17) is 33.7 Å². The summed E-state index contributed by atoms with van der Waals surface area (Å²) in [6, 6.07) is 12.0. The van der Waals surface area contributed by atoms with Gasteiger partial charge in [0, 0.05) is 11.3 Å². The number of carbonyl (C=O) groups excluding carboxylic acids is 1. The smallest absolute Gasteiger partial charge is 0.248 e. The van der Waals surface area contributed by atoms with E-state index < -0.39 is 11.9 Å². The SMILES string of the molecule is COc1ccccc1-c1nc2n(n1)C(c1cccc(Cl)c1Cl)C(C(N)=O)=C(C)N2. The van der Waals surface area contributed by atoms with Crippen LogP contribution in [0.5, 0.6) is 5.75 Å². The summed E-state index contributed by atoms with van der Waals surface area (Å²) < 4.78 is 7.02. The molecule has 1 aromatic heterocycles. The van der Waals surface area contributed by atoms with Crippen LogP contribution in [-0.4, -0.2) is 27.8 Å². The minimum atomic E-state index is -0.675. The van der Waals surface area contributed by atoms with Gasteiger partial charge in [0.1, 0.15) is 11.8 Å². The average Bonchev–Trinajstić information content (AvgIpc) is 3.12. The number of hydrogen-bond donors (Lipinski definition) is 2. The molecule has 1 amide bonds. The van der Waals surface area contributed by atoms with E-state index in [1.165, 1.54) is 0 Å². The Labute approximate surface area is 177 Å². The number of aromatic nitrogens is 3. The van der Waals surface area contributed by atoms with Crippen molar-refractivity contribution >= 4 is 35.1 Å². The van der Waals surface area contributed by atoms with Crippen LogP contribution in [0.25, 0.3) is 11.4 Å². The first kappa shape index (κ1) is 19.3. The number of rotatable bonds is 4. The van der Waals surface area contributed by atoms with Gasteiger partial charge in [0.05, 0.1) is 28.3 Å². The Morgan fingerprint density at radius 3 is 2.69 bits per heavy atom. The monoisotopic (exact) mass is 429 g/mol. The predicted molar refractivity (Wildman–Crippen MR) is 112 cm³/mol. The topological polar surface area (TPSA) is 95.1 Å². The number of halogens is 2. The summed E-state index contributed by atoms with van der Waals surface area (Å²) in [5, 5.41) is 8.45. The summed E-state index contributed by atoms with van der Waals surface area (Å²) in [5.41, 5.74) is 7.92. The van der Waals surface area contributed by atoms with E-state index in [1.54, 1.807) is 36.9 Å². The van der Waals surface area contributed by atoms with E-state index in [0.717, 1.165) is 0 Å². The highest BCUT2D eigenvalue weighted by atomic mass is 35.5. The van der Waals surface area contributed by atoms with E-state index in [9.17, 15) is 4.79 Å². The van der Waals surface area contributed by atoms with Crippen LogP contribution in [0.4, 0.5) is 5.95 Å². The zero-order valence-electron chi connectivity index (χ0n) is 15.6. The fourth-order valence-corrected chi connectivity index (χ4v) is 3.84. The van der Waals surface area contributed by atoms with Crippen molar-refractivity contribution in [3.05, 3.63) is 69.3 Å². The van der Waals surface area contributed by atoms with Crippen LogP contribution in [-0.2, 0) is 4.79 Å². The lowest BCUT2D eigenvalue weighted by Crippen LogP contribution is -2.32. The van der Waals surface area contributed by atoms with Gasteiger partial charge in [-0.1, -0.05) is 47.5 Å². The van der Waals surface area contributed by atoms with Crippen molar-refractivity contribution < 1.29 is 9.53 Å². The first-order valence-corrected chi connectivity index (χ1v) is 9.49. The third-order valence-corrected chi connectivity index (χ3v) is 5.58. The maximum absolute atomic E-state index is 12.3. The van der Waals surface area contributed by atoms with Gasteiger partial charge in [-0.25, -0.2) is 4.68 Å². The third kappa shape index (κ3) is 3.22. The summed E-state index contributed by atoms with van der Waals surface area (Å²) in [7, 11) is 1.58. The molecule has 2 heterocycles. The fourth-order valence-electron chi connectivity index (χ4n) is 3.43. The number of anilines is 1. The molecule has 1 aliphatic rings. The van der Waals surface area contributed by atoms with E-state index in [0.29, 0.717) is 50.0 Å². The third-order valence-electron chi connectivity index (χ3n) is 4.74. The standard InChI is InChI=1S/C20H17Cl2N5O2/c1-10-15(18(23)28)17(12-7-5-8-13(21)16(12)22)27-20(24-10)25-19(26-27)11-6-3-4-9-14(11)29-2/h3-9,17H,1-2H3,(H2,23,28)(H,24,25,26). The number of hydrogen-bond acceptors (Lipinski definition) is 5. The Morgan fingerprint density at radius 1 is 1.21 bits per heavy atom. The van der Waals surface area contributed by atoms with Gasteiger partial charge >= 0.3 is 0 Å². The Kier molecular flexibility index (Phi) is 4.94. The predicted octanol–water partition coefficient (Wildman–Crippen LogP) is 4.03. The molecule has 0 radical (unpaired) electrons. The van der Waals surface area contributed by atoms with E-state index in [1.807, 2.05) is 24.3 Å². The van der Waals surface area contributed by atoms with Gasteiger partial charge in [-0.15, -0.1) is 5.10 Å². The molecule has 0 spiro atoms. The van der Waals surface area contributed by atoms with E-state index in [2.05, 4.69) is 15.4 Å². The minimum Gasteiger partial charge on any atom is -0.496 e. The number of amides is 1. The Morgan fingerprint density at radius 2 is 1.97 bits per heavy atom. The quantitative estimate of drug-likeness (QED) is 0.652. The van der Waals surface area contributed by atoms with Crippen LogP contribution in [0.1, 0.15) is 18.5 Å². The van der Waals surface area contributed by atoms with Crippen LogP contribution < -0.4 is 15.8 Å². The second-order valence-electron chi connectivity index (χ2n) is 6.48. The number of para-hydroxylation sites is 1. The number of fused-ring (bicyclic) bond motifs is 1. The summed E-state index contributed by atoms with van der Waals surface area (Å²) in [6.07, 6.45) is 0. The number of carbonyl (C=O) groups is 1. The van der Waals surface area contributed by atoms with Crippen molar-refractivity contribution in [1.82, 2.24) is 14.8 Å². The highest BCUT2D eigenvalue weighted by Crippen LogP contribution is 2.41. The summed E-state index contributed by atoms with van der Waals surface area (Å²) in [5.74, 6) is 0.935. The lowest BCUT2D eigenvalue weighted by atomic mass is 9.95. The minimum absolute atomic E-state index is 0.327. The number of ether oxygens (including phenoxy) is 1. The van der Waals surface area contributed by atoms with Crippen molar-refractivity contribution in [2.75, 3.05) is 12.4 Å². The molecular formula is C20H17Cl2N5O2. The highest BCUT2D eigenvalue weighted by molar-refractivity contribution is 6.42. The fraction of sp³-hybridized carbons (Fsp3) is 0.150. The normalized spacial score (nSPS) is 15.7. The Balaban J connectivity index is 1.94. The molecule has 3 aromatic rings. The van der Waals surface area contributed by atoms with Crippen LogP contribution in [0.3, 0.4) is 0 Å². The van der Waals surface area contributed by atoms with Crippen LogP contribution in [0, 0.1) is 0 Å². The molecule has 1 aliphatic heterocycles. The number of primary amides is 1. The number of nitrogens with two attached hydrogens (primary N) is 1. The van der Waals surface area contributed by atoms with Gasteiger partial charge in [-0.05, 0) is 25.1 Å². The average molecular weight is 430 g/mol. The van der Waals surface area contributed by atoms with Crippen molar-refractivity contribution in [3.63, 3.8) is 0 Å². The molecule has 1 atom stereocenters. The summed E-state index contributed by atoms with van der Waals surface area (Å²) in [6.45, 7) is 1.76. The lowest BCUT2D eigenvalue weighted by molar-refractivity contribution is -0.115. The van der Waals surface area contributed by atoms with Gasteiger partial charge in [-0.2, -0.15) is 4.98 Å². The van der Waals surface area contributed by atoms with Gasteiger partial charge in [0.15, 0.2) is 5.82 Å². The van der Waals surface area contributed by atoms with Crippen molar-refractivity contribution in [2.24, 2.45) is 5.73 Å². The molecule has 0 bridgehead atoms. The van der Waals surface area contributed by atoms with E-state index in [-0.39, 0.29) is 0 Å². The molecule has 0 saturated heterocycles. The number of nitrogens with one attached hydrogen (secondary N) is 1. The molecule has 29 heavy (non-hydrogen) atoms. The number of allylic oxidation sites excluding steroid dienone is 1. The van der Waals surface area contributed by atoms with Gasteiger partial charge < -0.3 is 15.8 Å². The maximum Gasteiger partial charge on any atom is 0.248 e. The number of methoxy groups -OCH3 is 1. The molecule has 2 aromatic carbocycles. The van der Waals surface area contributed by atoms with Crippen LogP contribution in [0.15, 0.2) is 53.7 Å². The van der Waals surface area contributed by atoms with Crippen molar-refractivity contribution in [3.8, 4) is 17.1 Å². The molecule has 0 aliphatic carbocycles. The zero-order valence-corrected chi connectivity index (χ0v) is 17.1. The van der Waals surface area contributed by atoms with Gasteiger partial charge in [0.25, 0.3) is 0 Å². The molecule has 1 unspecified atom stereocenters. The molecule has 0 fully saturated rings. The zero-order chi connectivity index (χ0) is 20.7. The molecule has 3 N–H and O–H groups in total. The summed E-state index contributed by atoms with van der Waals surface area (Å²) in [4.78, 5) is 16.9. The second-order valence-corrected chi connectivity index (χ2v) is 7.26. The van der Waals surface area contributed by atoms with E-state index >= 15 is 0 Å². The van der Waals surface area contributed by atoms with Crippen LogP contribution >= 0.6 is 23.2 Å². The maximum atomic E-state index is 12.3. The largest absolute Gasteiger partial charge is 0.496 e. The molecular weight excluding hydrogens is 413 g/mol. The molecule has 0 saturated carbocycles. The summed E-state index contributed by atoms with van der Waals surface area (Å²) >= 11 is 12.7. The number of benzene rings is 2. The first-order chi connectivity index (χ1) is 13.9. The molecule has 7 nitrogen and oxygen atoms in total. The molecule has 148 valence electrons. The van der Waals surface area contributed by atoms with Crippen LogP contribution in [0.2, 0.25) is 10.0 Å². The highest BCUT2D eigenvalue weighted by Gasteiger charge is 2.35. The first-order valence-electron chi connectivity index (χ1n) is 8.73. The van der Waals surface area contributed by atoms with Crippen molar-refractivity contribution in [2.45, 2.75) is 13.0 Å². The van der Waals surface area contributed by atoms with Crippen molar-refractivity contribution in [1.29, 1.82) is 0 Å². The Bertz CT molecular complexity index is 1160. The van der Waals surface area contributed by atoms with Gasteiger partial charge in [-0.3, -0.25) is 4.79 Å².